The molecule has 0 spiro atoms. The zero-order valence-corrected chi connectivity index (χ0v) is 14.2. The second-order valence-electron chi connectivity index (χ2n) is 4.92. The van der Waals surface area contributed by atoms with E-state index in [9.17, 15) is 4.79 Å². The molecule has 1 aromatic carbocycles. The molecule has 1 amide bonds. The van der Waals surface area contributed by atoms with Gasteiger partial charge < -0.3 is 9.15 Å². The van der Waals surface area contributed by atoms with Crippen molar-refractivity contribution in [3.05, 3.63) is 51.4 Å². The molecule has 6 heteroatoms. The first-order valence-electron chi connectivity index (χ1n) is 6.73. The molecule has 0 saturated heterocycles. The number of rotatable bonds is 5. The Morgan fingerprint density at radius 1 is 1.36 bits per heavy atom. The molecule has 2 aromatic rings. The Morgan fingerprint density at radius 3 is 2.77 bits per heavy atom. The van der Waals surface area contributed by atoms with Crippen molar-refractivity contribution in [2.45, 2.75) is 20.8 Å². The quantitative estimate of drug-likeness (QED) is 0.652. The SMILES string of the molecule is Cc1cc(C)c(OCC(=O)N/N=C/c2ccc(C)o2)c(Br)c1. The molecule has 22 heavy (non-hydrogen) atoms. The molecular formula is C16H17BrN2O3. The molecule has 0 radical (unpaired) electrons. The van der Waals surface area contributed by atoms with E-state index < -0.39 is 0 Å². The van der Waals surface area contributed by atoms with Gasteiger partial charge in [0.1, 0.15) is 17.3 Å². The second-order valence-corrected chi connectivity index (χ2v) is 5.78. The first kappa shape index (κ1) is 16.3. The average Bonchev–Trinajstić information content (AvgIpc) is 2.83. The number of hydrazone groups is 1. The van der Waals surface area contributed by atoms with Crippen molar-refractivity contribution in [2.24, 2.45) is 5.10 Å². The number of aryl methyl sites for hydroxylation is 3. The van der Waals surface area contributed by atoms with E-state index >= 15 is 0 Å². The molecule has 1 aromatic heterocycles. The van der Waals surface area contributed by atoms with Crippen LogP contribution in [0.3, 0.4) is 0 Å². The number of nitrogens with one attached hydrogen (secondary N) is 1. The summed E-state index contributed by atoms with van der Waals surface area (Å²) in [5.74, 6) is 1.68. The van der Waals surface area contributed by atoms with Gasteiger partial charge in [0.05, 0.1) is 10.7 Å². The fourth-order valence-corrected chi connectivity index (χ4v) is 2.73. The standard InChI is InChI=1S/C16H17BrN2O3/c1-10-6-11(2)16(14(17)7-10)21-9-15(20)19-18-8-13-5-4-12(3)22-13/h4-8H,9H2,1-3H3,(H,19,20)/b18-8+. The minimum Gasteiger partial charge on any atom is -0.482 e. The van der Waals surface area contributed by atoms with E-state index in [2.05, 4.69) is 26.5 Å². The summed E-state index contributed by atoms with van der Waals surface area (Å²) in [4.78, 5) is 11.7. The van der Waals surface area contributed by atoms with Crippen molar-refractivity contribution < 1.29 is 13.9 Å². The van der Waals surface area contributed by atoms with Crippen molar-refractivity contribution in [1.29, 1.82) is 0 Å². The number of furan rings is 1. The Balaban J connectivity index is 1.87. The molecule has 116 valence electrons. The Morgan fingerprint density at radius 2 is 2.14 bits per heavy atom. The highest BCUT2D eigenvalue weighted by Crippen LogP contribution is 2.29. The van der Waals surface area contributed by atoms with Crippen molar-refractivity contribution in [3.63, 3.8) is 0 Å². The number of nitrogens with zero attached hydrogens (tertiary/aromatic N) is 1. The van der Waals surface area contributed by atoms with Crippen LogP contribution in [-0.4, -0.2) is 18.7 Å². The van der Waals surface area contributed by atoms with E-state index in [1.807, 2.05) is 39.0 Å². The predicted molar refractivity (Wildman–Crippen MR) is 88.3 cm³/mol. The first-order valence-corrected chi connectivity index (χ1v) is 7.53. The van der Waals surface area contributed by atoms with Gasteiger partial charge in [-0.3, -0.25) is 4.79 Å². The highest BCUT2D eigenvalue weighted by Gasteiger charge is 2.08. The largest absolute Gasteiger partial charge is 0.482 e. The zero-order chi connectivity index (χ0) is 16.1. The average molecular weight is 365 g/mol. The number of amides is 1. The van der Waals surface area contributed by atoms with Gasteiger partial charge in [-0.25, -0.2) is 5.43 Å². The number of carbonyl (C=O) groups is 1. The van der Waals surface area contributed by atoms with Crippen LogP contribution in [0.1, 0.15) is 22.6 Å². The summed E-state index contributed by atoms with van der Waals surface area (Å²) < 4.78 is 11.7. The molecule has 0 unspecified atom stereocenters. The molecule has 0 bridgehead atoms. The number of hydrogen-bond acceptors (Lipinski definition) is 4. The maximum Gasteiger partial charge on any atom is 0.277 e. The molecule has 1 N–H and O–H groups in total. The van der Waals surface area contributed by atoms with Gasteiger partial charge in [-0.1, -0.05) is 6.07 Å². The molecular weight excluding hydrogens is 348 g/mol. The van der Waals surface area contributed by atoms with Gasteiger partial charge in [0.15, 0.2) is 6.61 Å². The molecule has 1 heterocycles. The van der Waals surface area contributed by atoms with Gasteiger partial charge in [-0.15, -0.1) is 0 Å². The summed E-state index contributed by atoms with van der Waals surface area (Å²) in [5, 5.41) is 3.82. The Kier molecular flexibility index (Phi) is 5.38. The summed E-state index contributed by atoms with van der Waals surface area (Å²) in [7, 11) is 0. The van der Waals surface area contributed by atoms with Gasteiger partial charge in [-0.2, -0.15) is 5.10 Å². The van der Waals surface area contributed by atoms with E-state index in [0.717, 1.165) is 21.4 Å². The molecule has 0 aliphatic rings. The summed E-state index contributed by atoms with van der Waals surface area (Å²) in [6.45, 7) is 5.66. The second kappa shape index (κ2) is 7.26. The van der Waals surface area contributed by atoms with Gasteiger partial charge in [0.2, 0.25) is 0 Å². The molecule has 0 aliphatic carbocycles. The van der Waals surface area contributed by atoms with E-state index in [4.69, 9.17) is 9.15 Å². The number of benzene rings is 1. The third kappa shape index (κ3) is 4.46. The molecule has 0 fully saturated rings. The fraction of sp³-hybridized carbons (Fsp3) is 0.250. The maximum atomic E-state index is 11.7. The first-order chi connectivity index (χ1) is 10.5. The zero-order valence-electron chi connectivity index (χ0n) is 12.6. The van der Waals surface area contributed by atoms with Crippen LogP contribution in [0.15, 0.2) is 38.3 Å². The lowest BCUT2D eigenvalue weighted by molar-refractivity contribution is -0.123. The number of halogens is 1. The van der Waals surface area contributed by atoms with Gasteiger partial charge in [-0.05, 0) is 66.0 Å². The highest BCUT2D eigenvalue weighted by molar-refractivity contribution is 9.10. The van der Waals surface area contributed by atoms with Crippen LogP contribution in [0.5, 0.6) is 5.75 Å². The number of hydrogen-bond donors (Lipinski definition) is 1. The lowest BCUT2D eigenvalue weighted by Crippen LogP contribution is -2.24. The van der Waals surface area contributed by atoms with Crippen LogP contribution in [0.2, 0.25) is 0 Å². The molecule has 0 aliphatic heterocycles. The van der Waals surface area contributed by atoms with Crippen molar-refractivity contribution in [2.75, 3.05) is 6.61 Å². The molecule has 0 saturated carbocycles. The molecule has 5 nitrogen and oxygen atoms in total. The van der Waals surface area contributed by atoms with Gasteiger partial charge in [0, 0.05) is 0 Å². The maximum absolute atomic E-state index is 11.7. The van der Waals surface area contributed by atoms with E-state index in [1.165, 1.54) is 6.21 Å². The fourth-order valence-electron chi connectivity index (χ4n) is 1.95. The van der Waals surface area contributed by atoms with Crippen molar-refractivity contribution in [3.8, 4) is 5.75 Å². The lowest BCUT2D eigenvalue weighted by Gasteiger charge is -2.11. The van der Waals surface area contributed by atoms with Crippen LogP contribution in [-0.2, 0) is 4.79 Å². The predicted octanol–water partition coefficient (Wildman–Crippen LogP) is 3.50. The van der Waals surface area contributed by atoms with Gasteiger partial charge in [0.25, 0.3) is 5.91 Å². The van der Waals surface area contributed by atoms with Gasteiger partial charge >= 0.3 is 0 Å². The Labute approximate surface area is 137 Å². The third-order valence-corrected chi connectivity index (χ3v) is 3.45. The van der Waals surface area contributed by atoms with E-state index in [0.29, 0.717) is 11.5 Å². The normalized spacial score (nSPS) is 10.9. The lowest BCUT2D eigenvalue weighted by atomic mass is 10.1. The molecule has 0 atom stereocenters. The van der Waals surface area contributed by atoms with Crippen LogP contribution < -0.4 is 10.2 Å². The minimum atomic E-state index is -0.341. The summed E-state index contributed by atoms with van der Waals surface area (Å²) in [5.41, 5.74) is 4.48. The van der Waals surface area contributed by atoms with E-state index in [1.54, 1.807) is 6.07 Å². The Hall–Kier alpha value is -2.08. The summed E-state index contributed by atoms with van der Waals surface area (Å²) in [6, 6.07) is 7.53. The van der Waals surface area contributed by atoms with Crippen LogP contribution >= 0.6 is 15.9 Å². The third-order valence-electron chi connectivity index (χ3n) is 2.86. The number of ether oxygens (including phenoxy) is 1. The van der Waals surface area contributed by atoms with Crippen LogP contribution in [0.25, 0.3) is 0 Å². The monoisotopic (exact) mass is 364 g/mol. The number of carbonyl (C=O) groups excluding carboxylic acids is 1. The minimum absolute atomic E-state index is 0.114. The van der Waals surface area contributed by atoms with Crippen molar-refractivity contribution in [1.82, 2.24) is 5.43 Å². The van der Waals surface area contributed by atoms with E-state index in [-0.39, 0.29) is 12.5 Å². The molecule has 2 rings (SSSR count). The van der Waals surface area contributed by atoms with Crippen LogP contribution in [0.4, 0.5) is 0 Å². The Bertz CT molecular complexity index is 684. The smallest absolute Gasteiger partial charge is 0.277 e. The van der Waals surface area contributed by atoms with Crippen LogP contribution in [0, 0.1) is 20.8 Å². The summed E-state index contributed by atoms with van der Waals surface area (Å²) in [6.07, 6.45) is 1.44. The topological polar surface area (TPSA) is 63.8 Å². The van der Waals surface area contributed by atoms with Crippen molar-refractivity contribution >= 4 is 28.1 Å². The highest BCUT2D eigenvalue weighted by atomic mass is 79.9. The summed E-state index contributed by atoms with van der Waals surface area (Å²) >= 11 is 3.43.